The number of halogens is 2. The second kappa shape index (κ2) is 8.50. The minimum atomic E-state index is -0.199. The van der Waals surface area contributed by atoms with E-state index in [4.69, 9.17) is 23.2 Å². The van der Waals surface area contributed by atoms with Crippen LogP contribution in [-0.4, -0.2) is 43.0 Å². The third kappa shape index (κ3) is 5.05. The van der Waals surface area contributed by atoms with E-state index in [1.165, 1.54) is 6.92 Å². The van der Waals surface area contributed by atoms with Gasteiger partial charge in [-0.3, -0.25) is 4.79 Å². The Kier molecular flexibility index (Phi) is 6.08. The van der Waals surface area contributed by atoms with Crippen LogP contribution in [0.15, 0.2) is 42.5 Å². The van der Waals surface area contributed by atoms with Crippen LogP contribution in [0.4, 0.5) is 21.9 Å². The van der Waals surface area contributed by atoms with Crippen LogP contribution in [0.2, 0.25) is 10.0 Å². The fourth-order valence-electron chi connectivity index (χ4n) is 2.93. The number of urea groups is 1. The molecule has 1 heterocycles. The SMILES string of the molecule is CC(=O)Nc1ccc(NC(=O)N2CCN(c3cccc(Cl)c3)CC2)c(Cl)c1. The topological polar surface area (TPSA) is 64.7 Å². The van der Waals surface area contributed by atoms with Crippen LogP contribution in [-0.2, 0) is 4.79 Å². The number of anilines is 3. The minimum Gasteiger partial charge on any atom is -0.368 e. The molecular formula is C19H20Cl2N4O2. The van der Waals surface area contributed by atoms with Crippen LogP contribution >= 0.6 is 23.2 Å². The van der Waals surface area contributed by atoms with Crippen molar-refractivity contribution in [2.45, 2.75) is 6.92 Å². The standard InChI is InChI=1S/C19H20Cl2N4O2/c1-13(26)22-15-5-6-18(17(21)12-15)23-19(27)25-9-7-24(8-10-25)16-4-2-3-14(20)11-16/h2-6,11-12H,7-10H2,1H3,(H,22,26)(H,23,27). The molecule has 0 aliphatic carbocycles. The van der Waals surface area contributed by atoms with Crippen molar-refractivity contribution in [3.63, 3.8) is 0 Å². The van der Waals surface area contributed by atoms with Gasteiger partial charge in [-0.1, -0.05) is 29.3 Å². The molecule has 2 aromatic rings. The number of benzene rings is 2. The lowest BCUT2D eigenvalue weighted by molar-refractivity contribution is -0.114. The van der Waals surface area contributed by atoms with Crippen molar-refractivity contribution >= 4 is 52.2 Å². The van der Waals surface area contributed by atoms with Gasteiger partial charge in [-0.15, -0.1) is 0 Å². The van der Waals surface area contributed by atoms with E-state index in [0.29, 0.717) is 34.5 Å². The fraction of sp³-hybridized carbons (Fsp3) is 0.263. The van der Waals surface area contributed by atoms with E-state index in [2.05, 4.69) is 15.5 Å². The lowest BCUT2D eigenvalue weighted by Gasteiger charge is -2.36. The molecule has 1 aliphatic rings. The molecule has 2 N–H and O–H groups in total. The van der Waals surface area contributed by atoms with Crippen molar-refractivity contribution in [2.75, 3.05) is 41.7 Å². The zero-order valence-electron chi connectivity index (χ0n) is 14.8. The number of hydrogen-bond donors (Lipinski definition) is 2. The highest BCUT2D eigenvalue weighted by Crippen LogP contribution is 2.26. The number of carbonyl (C=O) groups excluding carboxylic acids is 2. The molecule has 27 heavy (non-hydrogen) atoms. The van der Waals surface area contributed by atoms with E-state index in [0.717, 1.165) is 18.8 Å². The maximum absolute atomic E-state index is 12.5. The quantitative estimate of drug-likeness (QED) is 0.797. The van der Waals surface area contributed by atoms with Gasteiger partial charge in [0.1, 0.15) is 0 Å². The Bertz CT molecular complexity index is 851. The number of carbonyl (C=O) groups is 2. The summed E-state index contributed by atoms with van der Waals surface area (Å²) in [4.78, 5) is 27.6. The maximum atomic E-state index is 12.5. The summed E-state index contributed by atoms with van der Waals surface area (Å²) in [6.45, 7) is 4.07. The fourth-order valence-corrected chi connectivity index (χ4v) is 3.34. The van der Waals surface area contributed by atoms with Crippen molar-refractivity contribution in [1.29, 1.82) is 0 Å². The van der Waals surface area contributed by atoms with Crippen LogP contribution in [0.3, 0.4) is 0 Å². The van der Waals surface area contributed by atoms with Gasteiger partial charge in [0, 0.05) is 49.5 Å². The van der Waals surface area contributed by atoms with Gasteiger partial charge in [0.2, 0.25) is 5.91 Å². The first-order valence-electron chi connectivity index (χ1n) is 8.56. The van der Waals surface area contributed by atoms with Crippen LogP contribution in [0, 0.1) is 0 Å². The number of piperazine rings is 1. The predicted molar refractivity (Wildman–Crippen MR) is 110 cm³/mol. The van der Waals surface area contributed by atoms with Gasteiger partial charge < -0.3 is 20.4 Å². The summed E-state index contributed by atoms with van der Waals surface area (Å²) >= 11 is 12.3. The highest BCUT2D eigenvalue weighted by atomic mass is 35.5. The molecule has 0 unspecified atom stereocenters. The minimum absolute atomic E-state index is 0.180. The number of amides is 3. The molecule has 0 saturated carbocycles. The molecule has 3 amide bonds. The average molecular weight is 407 g/mol. The summed E-state index contributed by atoms with van der Waals surface area (Å²) < 4.78 is 0. The van der Waals surface area contributed by atoms with Crippen molar-refractivity contribution in [3.05, 3.63) is 52.5 Å². The van der Waals surface area contributed by atoms with E-state index in [1.807, 2.05) is 24.3 Å². The molecule has 0 spiro atoms. The molecule has 0 bridgehead atoms. The first-order valence-corrected chi connectivity index (χ1v) is 9.31. The van der Waals surface area contributed by atoms with Gasteiger partial charge >= 0.3 is 6.03 Å². The predicted octanol–water partition coefficient (Wildman–Crippen LogP) is 4.31. The van der Waals surface area contributed by atoms with E-state index in [-0.39, 0.29) is 11.9 Å². The number of rotatable bonds is 3. The monoisotopic (exact) mass is 406 g/mol. The van der Waals surface area contributed by atoms with Crippen LogP contribution < -0.4 is 15.5 Å². The van der Waals surface area contributed by atoms with Gasteiger partial charge in [-0.05, 0) is 36.4 Å². The first kappa shape index (κ1) is 19.3. The Morgan fingerprint density at radius 1 is 0.963 bits per heavy atom. The normalized spacial score (nSPS) is 14.0. The van der Waals surface area contributed by atoms with Gasteiger partial charge in [0.25, 0.3) is 0 Å². The lowest BCUT2D eigenvalue weighted by Crippen LogP contribution is -2.50. The third-order valence-electron chi connectivity index (χ3n) is 4.27. The van der Waals surface area contributed by atoms with Crippen molar-refractivity contribution in [3.8, 4) is 0 Å². The van der Waals surface area contributed by atoms with Crippen molar-refractivity contribution in [2.24, 2.45) is 0 Å². The number of nitrogens with zero attached hydrogens (tertiary/aromatic N) is 2. The highest BCUT2D eigenvalue weighted by molar-refractivity contribution is 6.34. The van der Waals surface area contributed by atoms with Crippen LogP contribution in [0.5, 0.6) is 0 Å². The number of hydrogen-bond acceptors (Lipinski definition) is 3. The Hall–Kier alpha value is -2.44. The molecule has 142 valence electrons. The van der Waals surface area contributed by atoms with Crippen molar-refractivity contribution < 1.29 is 9.59 Å². The summed E-state index contributed by atoms with van der Waals surface area (Å²) in [5.74, 6) is -0.180. The van der Waals surface area contributed by atoms with Gasteiger partial charge in [0.05, 0.1) is 10.7 Å². The largest absolute Gasteiger partial charge is 0.368 e. The maximum Gasteiger partial charge on any atom is 0.322 e. The van der Waals surface area contributed by atoms with Gasteiger partial charge in [0.15, 0.2) is 0 Å². The molecule has 1 fully saturated rings. The molecule has 0 radical (unpaired) electrons. The van der Waals surface area contributed by atoms with Gasteiger partial charge in [-0.25, -0.2) is 4.79 Å². The van der Waals surface area contributed by atoms with Crippen LogP contribution in [0.1, 0.15) is 6.92 Å². The summed E-state index contributed by atoms with van der Waals surface area (Å²) in [5.41, 5.74) is 2.15. The molecule has 0 atom stereocenters. The Morgan fingerprint density at radius 2 is 1.70 bits per heavy atom. The molecule has 0 aromatic heterocycles. The molecule has 8 heteroatoms. The lowest BCUT2D eigenvalue weighted by atomic mass is 10.2. The van der Waals surface area contributed by atoms with Gasteiger partial charge in [-0.2, -0.15) is 0 Å². The number of nitrogens with one attached hydrogen (secondary N) is 2. The Labute approximate surface area is 168 Å². The van der Waals surface area contributed by atoms with E-state index < -0.39 is 0 Å². The molecule has 6 nitrogen and oxygen atoms in total. The Morgan fingerprint density at radius 3 is 2.33 bits per heavy atom. The molecule has 3 rings (SSSR count). The summed E-state index contributed by atoms with van der Waals surface area (Å²) in [5, 5.41) is 6.55. The average Bonchev–Trinajstić information content (AvgIpc) is 2.63. The molecule has 1 saturated heterocycles. The smallest absolute Gasteiger partial charge is 0.322 e. The first-order chi connectivity index (χ1) is 12.9. The summed E-state index contributed by atoms with van der Waals surface area (Å²) in [7, 11) is 0. The third-order valence-corrected chi connectivity index (χ3v) is 4.82. The Balaban J connectivity index is 1.57. The highest BCUT2D eigenvalue weighted by Gasteiger charge is 2.22. The van der Waals surface area contributed by atoms with E-state index in [1.54, 1.807) is 23.1 Å². The molecular weight excluding hydrogens is 387 g/mol. The van der Waals surface area contributed by atoms with Crippen LogP contribution in [0.25, 0.3) is 0 Å². The second-order valence-electron chi connectivity index (χ2n) is 6.26. The summed E-state index contributed by atoms with van der Waals surface area (Å²) in [6, 6.07) is 12.5. The molecule has 1 aliphatic heterocycles. The zero-order chi connectivity index (χ0) is 19.4. The van der Waals surface area contributed by atoms with E-state index in [9.17, 15) is 9.59 Å². The van der Waals surface area contributed by atoms with Crippen molar-refractivity contribution in [1.82, 2.24) is 4.90 Å². The molecule has 2 aromatic carbocycles. The van der Waals surface area contributed by atoms with E-state index >= 15 is 0 Å². The summed E-state index contributed by atoms with van der Waals surface area (Å²) in [6.07, 6.45) is 0. The second-order valence-corrected chi connectivity index (χ2v) is 7.10. The zero-order valence-corrected chi connectivity index (χ0v) is 16.3.